The molecule has 7 nitrogen and oxygen atoms in total. The van der Waals surface area contributed by atoms with E-state index in [0.29, 0.717) is 19.8 Å². The smallest absolute Gasteiger partial charge is 0.292 e. The van der Waals surface area contributed by atoms with E-state index >= 15 is 0 Å². The van der Waals surface area contributed by atoms with Gasteiger partial charge in [0.05, 0.1) is 30.8 Å². The van der Waals surface area contributed by atoms with E-state index in [-0.39, 0.29) is 24.0 Å². The van der Waals surface area contributed by atoms with Crippen molar-refractivity contribution in [2.24, 2.45) is 0 Å². The molecule has 1 aromatic carbocycles. The number of nitro benzene ring substituents is 1. The van der Waals surface area contributed by atoms with Crippen molar-refractivity contribution >= 4 is 17.1 Å². The van der Waals surface area contributed by atoms with E-state index in [4.69, 9.17) is 10.5 Å². The number of nitrogen functional groups attached to an aromatic ring is 1. The molecule has 0 radical (unpaired) electrons. The number of benzene rings is 1. The average molecular weight is 253 g/mol. The molecule has 1 aromatic rings. The highest BCUT2D eigenvalue weighted by Gasteiger charge is 2.24. The summed E-state index contributed by atoms with van der Waals surface area (Å²) >= 11 is 0. The van der Waals surface area contributed by atoms with Gasteiger partial charge < -0.3 is 20.5 Å². The van der Waals surface area contributed by atoms with Gasteiger partial charge in [0.2, 0.25) is 0 Å². The van der Waals surface area contributed by atoms with Crippen LogP contribution in [0.1, 0.15) is 0 Å². The van der Waals surface area contributed by atoms with Crippen LogP contribution >= 0.6 is 0 Å². The van der Waals surface area contributed by atoms with Gasteiger partial charge in [-0.15, -0.1) is 0 Å². The number of hydrogen-bond donors (Lipinski definition) is 2. The summed E-state index contributed by atoms with van der Waals surface area (Å²) in [6.07, 6.45) is 0. The minimum absolute atomic E-state index is 0.0309. The third kappa shape index (κ3) is 2.36. The summed E-state index contributed by atoms with van der Waals surface area (Å²) in [6.45, 7) is 1.60. The number of aliphatic hydroxyl groups excluding tert-OH is 1. The zero-order valence-corrected chi connectivity index (χ0v) is 9.78. The molecule has 1 unspecified atom stereocenters. The summed E-state index contributed by atoms with van der Waals surface area (Å²) in [5, 5.41) is 20.0. The van der Waals surface area contributed by atoms with Crippen LogP contribution in [-0.4, -0.2) is 42.4 Å². The number of nitrogens with zero attached hydrogens (tertiary/aromatic N) is 2. The Balaban J connectivity index is 2.27. The summed E-state index contributed by atoms with van der Waals surface area (Å²) in [6, 6.07) is 4.45. The zero-order valence-electron chi connectivity index (χ0n) is 9.78. The number of hydrogen-bond acceptors (Lipinski definition) is 6. The topological polar surface area (TPSA) is 102 Å². The molecular formula is C11H15N3O4. The Morgan fingerprint density at radius 3 is 3.00 bits per heavy atom. The Labute approximate surface area is 104 Å². The number of anilines is 2. The largest absolute Gasteiger partial charge is 0.394 e. The molecule has 1 saturated heterocycles. The normalized spacial score (nSPS) is 19.8. The van der Waals surface area contributed by atoms with E-state index in [1.54, 1.807) is 12.1 Å². The molecule has 0 bridgehead atoms. The molecule has 3 N–H and O–H groups in total. The van der Waals surface area contributed by atoms with Crippen molar-refractivity contribution in [2.75, 3.05) is 37.0 Å². The summed E-state index contributed by atoms with van der Waals surface area (Å²) in [7, 11) is 0. The van der Waals surface area contributed by atoms with E-state index in [2.05, 4.69) is 0 Å². The lowest BCUT2D eigenvalue weighted by atomic mass is 10.1. The molecule has 1 heterocycles. The van der Waals surface area contributed by atoms with Gasteiger partial charge in [-0.05, 0) is 12.1 Å². The highest BCUT2D eigenvalue weighted by molar-refractivity contribution is 5.67. The van der Waals surface area contributed by atoms with Crippen molar-refractivity contribution in [1.29, 1.82) is 0 Å². The lowest BCUT2D eigenvalue weighted by molar-refractivity contribution is -0.383. The van der Waals surface area contributed by atoms with Gasteiger partial charge in [-0.25, -0.2) is 0 Å². The van der Waals surface area contributed by atoms with Gasteiger partial charge in [0.1, 0.15) is 5.69 Å². The quantitative estimate of drug-likeness (QED) is 0.458. The molecule has 1 atom stereocenters. The Bertz CT molecular complexity index is 452. The minimum Gasteiger partial charge on any atom is -0.394 e. The van der Waals surface area contributed by atoms with Gasteiger partial charge in [-0.2, -0.15) is 0 Å². The van der Waals surface area contributed by atoms with Gasteiger partial charge in [0.25, 0.3) is 5.69 Å². The summed E-state index contributed by atoms with van der Waals surface area (Å²) < 4.78 is 5.28. The third-order valence-electron chi connectivity index (χ3n) is 2.98. The fourth-order valence-corrected chi connectivity index (χ4v) is 2.03. The summed E-state index contributed by atoms with van der Waals surface area (Å²) in [4.78, 5) is 12.1. The molecule has 0 aromatic heterocycles. The van der Waals surface area contributed by atoms with Crippen molar-refractivity contribution in [3.63, 3.8) is 0 Å². The molecule has 7 heteroatoms. The molecule has 0 aliphatic carbocycles. The predicted octanol–water partition coefficient (Wildman–Crippen LogP) is 0.374. The second-order valence-electron chi connectivity index (χ2n) is 4.10. The van der Waals surface area contributed by atoms with E-state index < -0.39 is 4.92 Å². The van der Waals surface area contributed by atoms with Crippen molar-refractivity contribution < 1.29 is 14.8 Å². The number of nitro groups is 1. The number of ether oxygens (including phenoxy) is 1. The second kappa shape index (κ2) is 5.19. The SMILES string of the molecule is Nc1cc(N2CCOCC2CO)ccc1[N+](=O)[O-]. The predicted molar refractivity (Wildman–Crippen MR) is 66.5 cm³/mol. The van der Waals surface area contributed by atoms with Crippen LogP contribution in [0.25, 0.3) is 0 Å². The standard InChI is InChI=1S/C11H15N3O4/c12-10-5-8(1-2-11(10)14(16)17)13-3-4-18-7-9(13)6-15/h1-2,5,9,15H,3-4,6-7,12H2. The number of nitrogens with two attached hydrogens (primary N) is 1. The van der Waals surface area contributed by atoms with Crippen LogP contribution in [-0.2, 0) is 4.74 Å². The number of morpholine rings is 1. The van der Waals surface area contributed by atoms with Gasteiger partial charge >= 0.3 is 0 Å². The maximum atomic E-state index is 10.7. The van der Waals surface area contributed by atoms with Crippen LogP contribution in [0.4, 0.5) is 17.1 Å². The molecule has 98 valence electrons. The molecule has 2 rings (SSSR count). The Morgan fingerprint density at radius 1 is 1.61 bits per heavy atom. The molecule has 0 amide bonds. The molecule has 18 heavy (non-hydrogen) atoms. The van der Waals surface area contributed by atoms with Gasteiger partial charge in [-0.1, -0.05) is 0 Å². The minimum atomic E-state index is -0.512. The average Bonchev–Trinajstić information content (AvgIpc) is 2.38. The monoisotopic (exact) mass is 253 g/mol. The van der Waals surface area contributed by atoms with Crippen molar-refractivity contribution in [1.82, 2.24) is 0 Å². The maximum absolute atomic E-state index is 10.7. The van der Waals surface area contributed by atoms with E-state index in [1.807, 2.05) is 4.90 Å². The maximum Gasteiger partial charge on any atom is 0.292 e. The van der Waals surface area contributed by atoms with Crippen molar-refractivity contribution in [3.05, 3.63) is 28.3 Å². The Hall–Kier alpha value is -1.86. The molecule has 1 fully saturated rings. The van der Waals surface area contributed by atoms with Crippen LogP contribution in [0.3, 0.4) is 0 Å². The summed E-state index contributed by atoms with van der Waals surface area (Å²) in [5.74, 6) is 0. The number of rotatable bonds is 3. The first-order chi connectivity index (χ1) is 8.63. The lowest BCUT2D eigenvalue weighted by Crippen LogP contribution is -2.47. The van der Waals surface area contributed by atoms with E-state index in [1.165, 1.54) is 6.07 Å². The van der Waals surface area contributed by atoms with Crippen LogP contribution in [0, 0.1) is 10.1 Å². The fourth-order valence-electron chi connectivity index (χ4n) is 2.03. The van der Waals surface area contributed by atoms with Crippen LogP contribution < -0.4 is 10.6 Å². The highest BCUT2D eigenvalue weighted by atomic mass is 16.6. The van der Waals surface area contributed by atoms with Gasteiger partial charge in [0.15, 0.2) is 0 Å². The van der Waals surface area contributed by atoms with E-state index in [0.717, 1.165) is 5.69 Å². The second-order valence-corrected chi connectivity index (χ2v) is 4.10. The van der Waals surface area contributed by atoms with Gasteiger partial charge in [0, 0.05) is 18.3 Å². The van der Waals surface area contributed by atoms with E-state index in [9.17, 15) is 15.2 Å². The molecule has 1 aliphatic rings. The fraction of sp³-hybridized carbons (Fsp3) is 0.455. The highest BCUT2D eigenvalue weighted by Crippen LogP contribution is 2.28. The van der Waals surface area contributed by atoms with Crippen LogP contribution in [0.2, 0.25) is 0 Å². The Morgan fingerprint density at radius 2 is 2.39 bits per heavy atom. The third-order valence-corrected chi connectivity index (χ3v) is 2.98. The Kier molecular flexibility index (Phi) is 3.63. The molecule has 0 saturated carbocycles. The summed E-state index contributed by atoms with van der Waals surface area (Å²) in [5.41, 5.74) is 6.44. The van der Waals surface area contributed by atoms with Crippen molar-refractivity contribution in [3.8, 4) is 0 Å². The zero-order chi connectivity index (χ0) is 13.1. The first kappa shape index (κ1) is 12.6. The molecule has 1 aliphatic heterocycles. The van der Waals surface area contributed by atoms with Crippen LogP contribution in [0.5, 0.6) is 0 Å². The van der Waals surface area contributed by atoms with Crippen LogP contribution in [0.15, 0.2) is 18.2 Å². The first-order valence-corrected chi connectivity index (χ1v) is 5.62. The number of aliphatic hydroxyl groups is 1. The first-order valence-electron chi connectivity index (χ1n) is 5.62. The van der Waals surface area contributed by atoms with Gasteiger partial charge in [-0.3, -0.25) is 10.1 Å². The lowest BCUT2D eigenvalue weighted by Gasteiger charge is -2.36. The van der Waals surface area contributed by atoms with Crippen molar-refractivity contribution in [2.45, 2.75) is 6.04 Å². The molecular weight excluding hydrogens is 238 g/mol. The molecule has 0 spiro atoms.